The summed E-state index contributed by atoms with van der Waals surface area (Å²) in [6.07, 6.45) is 4.68. The zero-order valence-corrected chi connectivity index (χ0v) is 23.0. The number of hydrogen-bond donors (Lipinski definition) is 9. The highest BCUT2D eigenvalue weighted by Gasteiger charge is 2.31. The molecule has 0 aliphatic rings. The molecule has 43 heavy (non-hydrogen) atoms. The van der Waals surface area contributed by atoms with Crippen LogP contribution < -0.4 is 21.7 Å². The fourth-order valence-corrected chi connectivity index (χ4v) is 4.54. The van der Waals surface area contributed by atoms with Crippen molar-refractivity contribution in [3.63, 3.8) is 0 Å². The van der Waals surface area contributed by atoms with Crippen molar-refractivity contribution in [2.24, 2.45) is 5.73 Å². The van der Waals surface area contributed by atoms with Gasteiger partial charge in [0.05, 0.1) is 19.0 Å². The summed E-state index contributed by atoms with van der Waals surface area (Å²) in [5, 5.41) is 36.7. The molecule has 226 valence electrons. The highest BCUT2D eigenvalue weighted by Crippen LogP contribution is 2.19. The van der Waals surface area contributed by atoms with Gasteiger partial charge in [-0.15, -0.1) is 0 Å². The van der Waals surface area contributed by atoms with E-state index >= 15 is 0 Å². The molecule has 2 aromatic carbocycles. The Morgan fingerprint density at radius 3 is 2.14 bits per heavy atom. The van der Waals surface area contributed by atoms with Crippen LogP contribution in [0.2, 0.25) is 0 Å². The minimum absolute atomic E-state index is 0.00948. The first kappa shape index (κ1) is 30.7. The van der Waals surface area contributed by atoms with Gasteiger partial charge >= 0.3 is 5.97 Å². The fraction of sp³-hybridized carbons (Fsp3) is 0.276. The molecule has 0 aliphatic heterocycles. The van der Waals surface area contributed by atoms with Gasteiger partial charge in [0.2, 0.25) is 17.7 Å². The predicted molar refractivity (Wildman–Crippen MR) is 155 cm³/mol. The summed E-state index contributed by atoms with van der Waals surface area (Å²) >= 11 is 0. The Morgan fingerprint density at radius 1 is 0.837 bits per heavy atom. The summed E-state index contributed by atoms with van der Waals surface area (Å²) in [7, 11) is 0. The number of nitrogens with two attached hydrogens (primary N) is 1. The highest BCUT2D eigenvalue weighted by molar-refractivity contribution is 5.94. The van der Waals surface area contributed by atoms with Crippen LogP contribution in [0.25, 0.3) is 10.9 Å². The molecule has 0 radical (unpaired) electrons. The van der Waals surface area contributed by atoms with Crippen molar-refractivity contribution in [2.75, 3.05) is 6.61 Å². The molecule has 4 aromatic rings. The maximum Gasteiger partial charge on any atom is 0.328 e. The number of aliphatic hydroxyl groups is 1. The molecule has 4 atom stereocenters. The van der Waals surface area contributed by atoms with E-state index in [1.807, 2.05) is 24.3 Å². The smallest absolute Gasteiger partial charge is 0.328 e. The molecule has 14 heteroatoms. The van der Waals surface area contributed by atoms with Crippen LogP contribution >= 0.6 is 0 Å². The first-order valence-electron chi connectivity index (χ1n) is 13.4. The van der Waals surface area contributed by atoms with Crippen molar-refractivity contribution in [1.29, 1.82) is 0 Å². The van der Waals surface area contributed by atoms with Crippen molar-refractivity contribution in [3.8, 4) is 5.75 Å². The SMILES string of the molecule is NC(Cc1c[nH]c2ccccc12)C(=O)NC(Cc1ccc(O)cc1)C(=O)NC(Cc1cnc[nH]1)C(=O)NC(CO)C(=O)O. The molecule has 3 amide bonds. The van der Waals surface area contributed by atoms with Crippen molar-refractivity contribution in [1.82, 2.24) is 30.9 Å². The Hall–Kier alpha value is -5.21. The summed E-state index contributed by atoms with van der Waals surface area (Å²) in [4.78, 5) is 61.1. The second kappa shape index (κ2) is 14.1. The van der Waals surface area contributed by atoms with Crippen molar-refractivity contribution >= 4 is 34.6 Å². The molecule has 2 heterocycles. The Labute approximate surface area is 245 Å². The fourth-order valence-electron chi connectivity index (χ4n) is 4.54. The predicted octanol–water partition coefficient (Wildman–Crippen LogP) is -0.517. The number of phenols is 1. The van der Waals surface area contributed by atoms with Crippen LogP contribution in [-0.2, 0) is 38.4 Å². The number of amides is 3. The van der Waals surface area contributed by atoms with E-state index in [2.05, 4.69) is 30.9 Å². The Bertz CT molecular complexity index is 1550. The normalized spacial score (nSPS) is 13.9. The number of para-hydroxylation sites is 1. The number of benzene rings is 2. The van der Waals surface area contributed by atoms with E-state index in [1.54, 1.807) is 18.3 Å². The molecule has 0 spiro atoms. The van der Waals surface area contributed by atoms with E-state index in [0.717, 1.165) is 16.5 Å². The summed E-state index contributed by atoms with van der Waals surface area (Å²) in [5.41, 5.74) is 9.04. The second-order valence-corrected chi connectivity index (χ2v) is 10.0. The molecule has 0 saturated heterocycles. The lowest BCUT2D eigenvalue weighted by atomic mass is 10.0. The third-order valence-corrected chi connectivity index (χ3v) is 6.87. The van der Waals surface area contributed by atoms with E-state index in [-0.39, 0.29) is 25.0 Å². The number of carboxylic acid groups (broad SMARTS) is 1. The van der Waals surface area contributed by atoms with Gasteiger partial charge in [-0.05, 0) is 35.7 Å². The van der Waals surface area contributed by atoms with Gasteiger partial charge in [0, 0.05) is 41.8 Å². The molecule has 0 aliphatic carbocycles. The van der Waals surface area contributed by atoms with Crippen molar-refractivity contribution < 1.29 is 34.5 Å². The third kappa shape index (κ3) is 8.18. The number of aliphatic hydroxyl groups excluding tert-OH is 1. The molecule has 4 unspecified atom stereocenters. The molecule has 0 bridgehead atoms. The van der Waals surface area contributed by atoms with Gasteiger partial charge in [-0.1, -0.05) is 30.3 Å². The minimum Gasteiger partial charge on any atom is -0.508 e. The van der Waals surface area contributed by atoms with E-state index in [4.69, 9.17) is 5.73 Å². The number of nitrogens with zero attached hydrogens (tertiary/aromatic N) is 1. The average Bonchev–Trinajstić information content (AvgIpc) is 3.66. The second-order valence-electron chi connectivity index (χ2n) is 10.0. The molecule has 4 rings (SSSR count). The van der Waals surface area contributed by atoms with Gasteiger partial charge in [0.25, 0.3) is 0 Å². The summed E-state index contributed by atoms with van der Waals surface area (Å²) in [5.74, 6) is -3.65. The van der Waals surface area contributed by atoms with Crippen LogP contribution in [0.4, 0.5) is 0 Å². The summed E-state index contributed by atoms with van der Waals surface area (Å²) in [6, 6.07) is 8.50. The summed E-state index contributed by atoms with van der Waals surface area (Å²) in [6.45, 7) is -0.861. The molecular weight excluding hydrogens is 558 g/mol. The van der Waals surface area contributed by atoms with Gasteiger partial charge in [-0.25, -0.2) is 9.78 Å². The number of H-pyrrole nitrogens is 2. The number of carbonyl (C=O) groups excluding carboxylic acids is 3. The number of aromatic amines is 2. The van der Waals surface area contributed by atoms with E-state index < -0.39 is 54.5 Å². The number of rotatable bonds is 14. The molecule has 0 fully saturated rings. The van der Waals surface area contributed by atoms with Crippen LogP contribution in [0.5, 0.6) is 5.75 Å². The number of fused-ring (bicyclic) bond motifs is 1. The molecular formula is C29H33N7O7. The Balaban J connectivity index is 1.53. The lowest BCUT2D eigenvalue weighted by Gasteiger charge is -2.25. The monoisotopic (exact) mass is 591 g/mol. The third-order valence-electron chi connectivity index (χ3n) is 6.87. The molecule has 0 saturated carbocycles. The molecule has 14 nitrogen and oxygen atoms in total. The van der Waals surface area contributed by atoms with Gasteiger partial charge in [-0.3, -0.25) is 14.4 Å². The quantitative estimate of drug-likeness (QED) is 0.0916. The maximum atomic E-state index is 13.6. The number of carboxylic acids is 1. The Morgan fingerprint density at radius 2 is 1.49 bits per heavy atom. The van der Waals surface area contributed by atoms with Crippen molar-refractivity contribution in [3.05, 3.63) is 84.1 Å². The van der Waals surface area contributed by atoms with Gasteiger partial charge in [-0.2, -0.15) is 0 Å². The lowest BCUT2D eigenvalue weighted by Crippen LogP contribution is -2.58. The van der Waals surface area contributed by atoms with E-state index in [0.29, 0.717) is 11.3 Å². The zero-order chi connectivity index (χ0) is 30.9. The lowest BCUT2D eigenvalue weighted by molar-refractivity contribution is -0.143. The van der Waals surface area contributed by atoms with Gasteiger partial charge in [0.15, 0.2) is 0 Å². The van der Waals surface area contributed by atoms with Crippen LogP contribution in [0.1, 0.15) is 16.8 Å². The van der Waals surface area contributed by atoms with Crippen LogP contribution in [-0.4, -0.2) is 84.7 Å². The maximum absolute atomic E-state index is 13.6. The topological polar surface area (TPSA) is 236 Å². The van der Waals surface area contributed by atoms with Crippen molar-refractivity contribution in [2.45, 2.75) is 43.4 Å². The number of imidazole rings is 1. The van der Waals surface area contributed by atoms with Crippen LogP contribution in [0.15, 0.2) is 67.3 Å². The minimum atomic E-state index is -1.59. The summed E-state index contributed by atoms with van der Waals surface area (Å²) < 4.78 is 0. The largest absolute Gasteiger partial charge is 0.508 e. The number of carbonyl (C=O) groups is 4. The molecule has 10 N–H and O–H groups in total. The van der Waals surface area contributed by atoms with E-state index in [9.17, 15) is 34.5 Å². The number of phenolic OH excluding ortho intramolecular Hbond substituents is 1. The first-order valence-corrected chi connectivity index (χ1v) is 13.4. The van der Waals surface area contributed by atoms with Crippen LogP contribution in [0.3, 0.4) is 0 Å². The average molecular weight is 592 g/mol. The van der Waals surface area contributed by atoms with E-state index in [1.165, 1.54) is 24.7 Å². The number of nitrogens with one attached hydrogen (secondary N) is 5. The molecule has 2 aromatic heterocycles. The zero-order valence-electron chi connectivity index (χ0n) is 23.0. The first-order chi connectivity index (χ1) is 20.6. The highest BCUT2D eigenvalue weighted by atomic mass is 16.4. The number of aliphatic carboxylic acids is 1. The number of aromatic nitrogens is 3. The van der Waals surface area contributed by atoms with Crippen LogP contribution in [0, 0.1) is 0 Å². The Kier molecular flexibility index (Phi) is 10.1. The van der Waals surface area contributed by atoms with Gasteiger partial charge < -0.3 is 47.0 Å². The van der Waals surface area contributed by atoms with Gasteiger partial charge in [0.1, 0.15) is 23.9 Å². The number of hydrogen-bond acceptors (Lipinski definition) is 8. The standard InChI is InChI=1S/C29H33N7O7/c30-21(10-17-12-32-22-4-2-1-3-20(17)22)26(39)34-23(9-16-5-7-19(38)8-6-16)27(40)35-24(11-18-13-31-15-33-18)28(41)36-25(14-37)29(42)43/h1-8,12-13,15,21,23-25,32,37-38H,9-11,14,30H2,(H,31,33)(H,34,39)(H,35,40)(H,36,41)(H,42,43). The number of aromatic hydroxyl groups is 1.